The van der Waals surface area contributed by atoms with Crippen molar-refractivity contribution in [2.24, 2.45) is 5.73 Å². The van der Waals surface area contributed by atoms with Crippen LogP contribution in [0.5, 0.6) is 11.5 Å². The van der Waals surface area contributed by atoms with E-state index in [0.29, 0.717) is 34.3 Å². The molecule has 0 saturated carbocycles. The Morgan fingerprint density at radius 2 is 1.69 bits per heavy atom. The maximum atomic E-state index is 13.4. The maximum Gasteiger partial charge on any atom is 0.469 e. The molecule has 0 spiro atoms. The highest BCUT2D eigenvalue weighted by atomic mass is 31.2. The molecule has 11 heteroatoms. The lowest BCUT2D eigenvalue weighted by molar-refractivity contribution is 0.102. The van der Waals surface area contributed by atoms with Crippen molar-refractivity contribution in [2.75, 3.05) is 13.2 Å². The van der Waals surface area contributed by atoms with E-state index in [1.807, 2.05) is 0 Å². The molecular weight excluding hydrogens is 480 g/mol. The zero-order valence-electron chi connectivity index (χ0n) is 18.4. The van der Waals surface area contributed by atoms with Gasteiger partial charge in [0.15, 0.2) is 0 Å². The Balaban J connectivity index is 1.60. The van der Waals surface area contributed by atoms with Gasteiger partial charge in [0.2, 0.25) is 5.43 Å². The SMILES string of the molecule is NC(CO)(CCc1ccc2c(=O)c3ccc(Oc4cccc(F)c4)cc3oc2c1)COP(=O)(O)O. The van der Waals surface area contributed by atoms with Crippen molar-refractivity contribution in [3.8, 4) is 11.5 Å². The van der Waals surface area contributed by atoms with Crippen LogP contribution in [0.1, 0.15) is 12.0 Å². The van der Waals surface area contributed by atoms with E-state index in [2.05, 4.69) is 4.52 Å². The molecule has 1 heterocycles. The second-order valence-corrected chi connectivity index (χ2v) is 9.50. The molecule has 0 radical (unpaired) electrons. The van der Waals surface area contributed by atoms with Crippen molar-refractivity contribution in [3.63, 3.8) is 0 Å². The van der Waals surface area contributed by atoms with Crippen LogP contribution in [-0.4, -0.2) is 33.6 Å². The van der Waals surface area contributed by atoms with Crippen molar-refractivity contribution in [1.29, 1.82) is 0 Å². The first-order valence-corrected chi connectivity index (χ1v) is 12.1. The third-order valence-electron chi connectivity index (χ3n) is 5.49. The van der Waals surface area contributed by atoms with E-state index in [1.165, 1.54) is 18.2 Å². The number of benzene rings is 3. The molecule has 0 aliphatic carbocycles. The predicted octanol–water partition coefficient (Wildman–Crippen LogP) is 3.61. The van der Waals surface area contributed by atoms with Crippen LogP contribution in [-0.2, 0) is 15.5 Å². The van der Waals surface area contributed by atoms with E-state index in [-0.39, 0.29) is 17.4 Å². The summed E-state index contributed by atoms with van der Waals surface area (Å²) < 4.78 is 40.5. The summed E-state index contributed by atoms with van der Waals surface area (Å²) in [5.74, 6) is 0.221. The highest BCUT2D eigenvalue weighted by Gasteiger charge is 2.28. The summed E-state index contributed by atoms with van der Waals surface area (Å²) in [5.41, 5.74) is 5.75. The molecule has 0 saturated heterocycles. The van der Waals surface area contributed by atoms with Crippen LogP contribution >= 0.6 is 7.82 Å². The average Bonchev–Trinajstić information content (AvgIpc) is 2.81. The topological polar surface area (TPSA) is 152 Å². The van der Waals surface area contributed by atoms with Gasteiger partial charge in [-0.2, -0.15) is 0 Å². The minimum absolute atomic E-state index is 0.151. The summed E-state index contributed by atoms with van der Waals surface area (Å²) in [6, 6.07) is 15.4. The zero-order valence-corrected chi connectivity index (χ0v) is 19.3. The van der Waals surface area contributed by atoms with E-state index < -0.39 is 32.4 Å². The number of aliphatic hydroxyl groups excluding tert-OH is 1. The standard InChI is InChI=1S/C24H23FNO8P/c25-16-2-1-3-17(11-16)33-18-5-7-20-22(12-18)34-21-10-15(4-6-19(21)23(20)28)8-9-24(26,13-27)14-32-35(29,30)31/h1-7,10-12,27H,8-9,13-14,26H2,(H2,29,30,31). The molecule has 184 valence electrons. The van der Waals surface area contributed by atoms with Gasteiger partial charge in [-0.05, 0) is 54.8 Å². The smallest absolute Gasteiger partial charge is 0.457 e. The number of hydrogen-bond acceptors (Lipinski definition) is 7. The minimum Gasteiger partial charge on any atom is -0.457 e. The average molecular weight is 503 g/mol. The van der Waals surface area contributed by atoms with Gasteiger partial charge in [0, 0.05) is 12.1 Å². The highest BCUT2D eigenvalue weighted by molar-refractivity contribution is 7.46. The Bertz CT molecular complexity index is 1480. The van der Waals surface area contributed by atoms with Crippen molar-refractivity contribution in [2.45, 2.75) is 18.4 Å². The molecule has 9 nitrogen and oxygen atoms in total. The molecule has 3 aromatic carbocycles. The molecule has 4 aromatic rings. The van der Waals surface area contributed by atoms with Gasteiger partial charge in [-0.25, -0.2) is 8.96 Å². The van der Waals surface area contributed by atoms with Crippen LogP contribution in [0.3, 0.4) is 0 Å². The number of phosphoric acid groups is 1. The molecular formula is C24H23FNO8P. The molecule has 1 aromatic heterocycles. The van der Waals surface area contributed by atoms with E-state index in [0.717, 1.165) is 5.56 Å². The van der Waals surface area contributed by atoms with Gasteiger partial charge in [0.1, 0.15) is 28.5 Å². The van der Waals surface area contributed by atoms with E-state index in [4.69, 9.17) is 24.7 Å². The number of ether oxygens (including phenoxy) is 1. The molecule has 1 unspecified atom stereocenters. The third-order valence-corrected chi connectivity index (χ3v) is 5.95. The lowest BCUT2D eigenvalue weighted by Gasteiger charge is -2.27. The zero-order chi connectivity index (χ0) is 25.2. The fraction of sp³-hybridized carbons (Fsp3) is 0.208. The summed E-state index contributed by atoms with van der Waals surface area (Å²) in [7, 11) is -4.73. The third kappa shape index (κ3) is 6.12. The summed E-state index contributed by atoms with van der Waals surface area (Å²) >= 11 is 0. The summed E-state index contributed by atoms with van der Waals surface area (Å²) in [5, 5.41) is 10.3. The van der Waals surface area contributed by atoms with Gasteiger partial charge in [0.25, 0.3) is 0 Å². The number of fused-ring (bicyclic) bond motifs is 2. The number of halogens is 1. The Hall–Kier alpha value is -3.11. The van der Waals surface area contributed by atoms with Gasteiger partial charge in [0.05, 0.1) is 29.5 Å². The first kappa shape index (κ1) is 25.0. The monoisotopic (exact) mass is 503 g/mol. The molecule has 0 aliphatic heterocycles. The van der Waals surface area contributed by atoms with Crippen LogP contribution < -0.4 is 15.9 Å². The lowest BCUT2D eigenvalue weighted by Crippen LogP contribution is -2.48. The number of phosphoric ester groups is 1. The quantitative estimate of drug-likeness (QED) is 0.198. The molecule has 4 rings (SSSR count). The normalized spacial score (nSPS) is 13.7. The van der Waals surface area contributed by atoms with Crippen LogP contribution in [0.4, 0.5) is 4.39 Å². The largest absolute Gasteiger partial charge is 0.469 e. The summed E-state index contributed by atoms with van der Waals surface area (Å²) in [6.45, 7) is -1.08. The molecule has 0 aliphatic rings. The van der Waals surface area contributed by atoms with Gasteiger partial charge in [-0.15, -0.1) is 0 Å². The Morgan fingerprint density at radius 1 is 1.00 bits per heavy atom. The molecule has 5 N–H and O–H groups in total. The van der Waals surface area contributed by atoms with Crippen molar-refractivity contribution < 1.29 is 37.5 Å². The number of rotatable bonds is 9. The molecule has 1 atom stereocenters. The number of aryl methyl sites for hydroxylation is 1. The summed E-state index contributed by atoms with van der Waals surface area (Å²) in [6.07, 6.45) is 0.473. The maximum absolute atomic E-state index is 13.4. The Labute approximate surface area is 198 Å². The fourth-order valence-corrected chi connectivity index (χ4v) is 3.99. The Morgan fingerprint density at radius 3 is 2.37 bits per heavy atom. The van der Waals surface area contributed by atoms with Crippen LogP contribution in [0, 0.1) is 5.82 Å². The van der Waals surface area contributed by atoms with Crippen molar-refractivity contribution >= 4 is 29.8 Å². The van der Waals surface area contributed by atoms with E-state index >= 15 is 0 Å². The Kier molecular flexibility index (Phi) is 7.05. The van der Waals surface area contributed by atoms with Gasteiger partial charge in [-0.1, -0.05) is 12.1 Å². The second kappa shape index (κ2) is 9.87. The van der Waals surface area contributed by atoms with E-state index in [1.54, 1.807) is 42.5 Å². The number of hydrogen-bond donors (Lipinski definition) is 4. The van der Waals surface area contributed by atoms with Crippen LogP contribution in [0.15, 0.2) is 69.9 Å². The lowest BCUT2D eigenvalue weighted by atomic mass is 9.93. The predicted molar refractivity (Wildman–Crippen MR) is 127 cm³/mol. The van der Waals surface area contributed by atoms with E-state index in [9.17, 15) is 18.9 Å². The van der Waals surface area contributed by atoms with Crippen LogP contribution in [0.2, 0.25) is 0 Å². The first-order chi connectivity index (χ1) is 16.5. The number of nitrogens with two attached hydrogens (primary N) is 1. The summed E-state index contributed by atoms with van der Waals surface area (Å²) in [4.78, 5) is 30.7. The first-order valence-electron chi connectivity index (χ1n) is 10.6. The molecule has 0 amide bonds. The van der Waals surface area contributed by atoms with Gasteiger partial charge in [-0.3, -0.25) is 9.32 Å². The van der Waals surface area contributed by atoms with Crippen molar-refractivity contribution in [3.05, 3.63) is 82.3 Å². The van der Waals surface area contributed by atoms with Crippen molar-refractivity contribution in [1.82, 2.24) is 0 Å². The highest BCUT2D eigenvalue weighted by Crippen LogP contribution is 2.37. The minimum atomic E-state index is -4.73. The van der Waals surface area contributed by atoms with Gasteiger partial charge >= 0.3 is 7.82 Å². The fourth-order valence-electron chi connectivity index (χ4n) is 3.57. The molecule has 0 fully saturated rings. The number of aliphatic hydroxyl groups is 1. The second-order valence-electron chi connectivity index (χ2n) is 8.26. The molecule has 0 bridgehead atoms. The van der Waals surface area contributed by atoms with Gasteiger partial charge < -0.3 is 29.8 Å². The van der Waals surface area contributed by atoms with Crippen LogP contribution in [0.25, 0.3) is 21.9 Å². The molecule has 35 heavy (non-hydrogen) atoms.